The first-order chi connectivity index (χ1) is 11.5. The molecule has 2 rings (SSSR count). The summed E-state index contributed by atoms with van der Waals surface area (Å²) in [4.78, 5) is 38.7. The summed E-state index contributed by atoms with van der Waals surface area (Å²) in [7, 11) is 0. The number of carboxylic acids is 1. The summed E-state index contributed by atoms with van der Waals surface area (Å²) >= 11 is 0. The Hall–Kier alpha value is -1.59. The van der Waals surface area contributed by atoms with Crippen molar-refractivity contribution in [3.63, 3.8) is 0 Å². The Kier molecular flexibility index (Phi) is 5.79. The van der Waals surface area contributed by atoms with Crippen LogP contribution in [0.5, 0.6) is 0 Å². The Morgan fingerprint density at radius 1 is 1.12 bits per heavy atom. The Morgan fingerprint density at radius 3 is 2.40 bits per heavy atom. The molecule has 2 amide bonds. The van der Waals surface area contributed by atoms with E-state index in [1.165, 1.54) is 0 Å². The molecule has 6 heteroatoms. The number of carbonyl (C=O) groups excluding carboxylic acids is 2. The van der Waals surface area contributed by atoms with E-state index >= 15 is 0 Å². The number of rotatable bonds is 3. The van der Waals surface area contributed by atoms with Crippen LogP contribution in [0.2, 0.25) is 0 Å². The molecule has 0 bridgehead atoms. The van der Waals surface area contributed by atoms with Crippen LogP contribution in [0.15, 0.2) is 0 Å². The van der Waals surface area contributed by atoms with Gasteiger partial charge in [0.1, 0.15) is 0 Å². The van der Waals surface area contributed by atoms with Crippen molar-refractivity contribution in [3.8, 4) is 0 Å². The molecule has 1 saturated carbocycles. The smallest absolute Gasteiger partial charge is 0.308 e. The molecule has 0 radical (unpaired) electrons. The highest BCUT2D eigenvalue weighted by molar-refractivity contribution is 5.84. The minimum absolute atomic E-state index is 0.0669. The zero-order valence-electron chi connectivity index (χ0n) is 15.9. The number of hydrogen-bond acceptors (Lipinski definition) is 3. The van der Waals surface area contributed by atoms with E-state index in [2.05, 4.69) is 5.32 Å². The highest BCUT2D eigenvalue weighted by atomic mass is 16.4. The van der Waals surface area contributed by atoms with Crippen LogP contribution in [-0.4, -0.2) is 46.4 Å². The molecule has 25 heavy (non-hydrogen) atoms. The third-order valence-electron chi connectivity index (χ3n) is 5.64. The average molecular weight is 352 g/mol. The second-order valence-corrected chi connectivity index (χ2v) is 8.88. The number of carbonyl (C=O) groups is 3. The normalized spacial score (nSPS) is 30.6. The molecule has 3 atom stereocenters. The van der Waals surface area contributed by atoms with Crippen LogP contribution in [0.4, 0.5) is 0 Å². The zero-order chi connectivity index (χ0) is 18.8. The average Bonchev–Trinajstić information content (AvgIpc) is 2.53. The summed E-state index contributed by atoms with van der Waals surface area (Å²) in [5, 5.41) is 12.5. The Balaban J connectivity index is 2.04. The van der Waals surface area contributed by atoms with E-state index in [0.29, 0.717) is 25.9 Å². The van der Waals surface area contributed by atoms with Gasteiger partial charge in [0, 0.05) is 18.5 Å². The van der Waals surface area contributed by atoms with Gasteiger partial charge < -0.3 is 15.3 Å². The lowest BCUT2D eigenvalue weighted by atomic mass is 9.73. The van der Waals surface area contributed by atoms with E-state index < -0.39 is 22.8 Å². The summed E-state index contributed by atoms with van der Waals surface area (Å²) in [5.41, 5.74) is -1.15. The van der Waals surface area contributed by atoms with Crippen molar-refractivity contribution < 1.29 is 19.5 Å². The first kappa shape index (κ1) is 19.7. The number of likely N-dealkylation sites (tertiary alicyclic amines) is 1. The van der Waals surface area contributed by atoms with Gasteiger partial charge in [-0.15, -0.1) is 0 Å². The zero-order valence-corrected chi connectivity index (χ0v) is 15.9. The Morgan fingerprint density at radius 2 is 1.80 bits per heavy atom. The number of aliphatic carboxylic acids is 1. The van der Waals surface area contributed by atoms with Crippen molar-refractivity contribution in [1.29, 1.82) is 0 Å². The van der Waals surface area contributed by atoms with Crippen LogP contribution in [-0.2, 0) is 14.4 Å². The SMILES string of the molecule is CC(C)(C)C(=O)N1CCCC(C(=O)NC2(C)CCCCC2C(=O)O)C1. The molecule has 0 aromatic rings. The number of piperidine rings is 1. The molecule has 0 spiro atoms. The van der Waals surface area contributed by atoms with Gasteiger partial charge in [-0.2, -0.15) is 0 Å². The lowest BCUT2D eigenvalue weighted by molar-refractivity contribution is -0.147. The largest absolute Gasteiger partial charge is 0.481 e. The molecule has 6 nitrogen and oxygen atoms in total. The van der Waals surface area contributed by atoms with Crippen molar-refractivity contribution in [2.24, 2.45) is 17.3 Å². The van der Waals surface area contributed by atoms with Gasteiger partial charge in [0.25, 0.3) is 0 Å². The minimum atomic E-state index is -0.837. The van der Waals surface area contributed by atoms with Crippen molar-refractivity contribution in [3.05, 3.63) is 0 Å². The predicted molar refractivity (Wildman–Crippen MR) is 94.9 cm³/mol. The quantitative estimate of drug-likeness (QED) is 0.817. The molecule has 3 unspecified atom stereocenters. The molecular formula is C19H32N2O4. The summed E-state index contributed by atoms with van der Waals surface area (Å²) in [6.45, 7) is 8.63. The third kappa shape index (κ3) is 4.53. The van der Waals surface area contributed by atoms with Crippen molar-refractivity contribution in [2.45, 2.75) is 71.8 Å². The van der Waals surface area contributed by atoms with Gasteiger partial charge in [-0.3, -0.25) is 14.4 Å². The fourth-order valence-corrected chi connectivity index (χ4v) is 4.11. The van der Waals surface area contributed by atoms with Crippen LogP contribution in [0.1, 0.15) is 66.2 Å². The summed E-state index contributed by atoms with van der Waals surface area (Å²) in [6, 6.07) is 0. The lowest BCUT2D eigenvalue weighted by Gasteiger charge is -2.42. The highest BCUT2D eigenvalue weighted by Gasteiger charge is 2.43. The fraction of sp³-hybridized carbons (Fsp3) is 0.842. The summed E-state index contributed by atoms with van der Waals surface area (Å²) < 4.78 is 0. The van der Waals surface area contributed by atoms with Gasteiger partial charge in [0.2, 0.25) is 11.8 Å². The van der Waals surface area contributed by atoms with E-state index in [1.54, 1.807) is 4.90 Å². The second-order valence-electron chi connectivity index (χ2n) is 8.88. The van der Waals surface area contributed by atoms with E-state index in [1.807, 2.05) is 27.7 Å². The van der Waals surface area contributed by atoms with Crippen LogP contribution in [0.3, 0.4) is 0 Å². The van der Waals surface area contributed by atoms with Crippen LogP contribution < -0.4 is 5.32 Å². The maximum absolute atomic E-state index is 12.8. The number of hydrogen-bond donors (Lipinski definition) is 2. The van der Waals surface area contributed by atoms with Crippen LogP contribution in [0.25, 0.3) is 0 Å². The van der Waals surface area contributed by atoms with Gasteiger partial charge >= 0.3 is 5.97 Å². The Labute approximate surface area is 150 Å². The highest BCUT2D eigenvalue weighted by Crippen LogP contribution is 2.34. The molecule has 1 saturated heterocycles. The molecule has 2 fully saturated rings. The topological polar surface area (TPSA) is 86.7 Å². The Bertz CT molecular complexity index is 540. The predicted octanol–water partition coefficient (Wildman–Crippen LogP) is 2.42. The number of nitrogens with zero attached hydrogens (tertiary/aromatic N) is 1. The molecule has 2 N–H and O–H groups in total. The summed E-state index contributed by atoms with van der Waals surface area (Å²) in [5.74, 6) is -1.68. The summed E-state index contributed by atoms with van der Waals surface area (Å²) in [6.07, 6.45) is 4.66. The molecule has 1 aliphatic heterocycles. The van der Waals surface area contributed by atoms with Crippen molar-refractivity contribution in [2.75, 3.05) is 13.1 Å². The van der Waals surface area contributed by atoms with Gasteiger partial charge in [-0.1, -0.05) is 33.6 Å². The number of nitrogens with one attached hydrogen (secondary N) is 1. The van der Waals surface area contributed by atoms with E-state index in [-0.39, 0.29) is 17.7 Å². The van der Waals surface area contributed by atoms with Gasteiger partial charge in [-0.05, 0) is 32.6 Å². The standard InChI is InChI=1S/C19H32N2O4/c1-18(2,3)17(25)21-11-7-8-13(12-21)15(22)20-19(4)10-6-5-9-14(19)16(23)24/h13-14H,5-12H2,1-4H3,(H,20,22)(H,23,24). The van der Waals surface area contributed by atoms with Crippen LogP contribution in [0, 0.1) is 17.3 Å². The molecule has 1 heterocycles. The van der Waals surface area contributed by atoms with E-state index in [0.717, 1.165) is 25.7 Å². The first-order valence-electron chi connectivity index (χ1n) is 9.39. The first-order valence-corrected chi connectivity index (χ1v) is 9.39. The molecule has 2 aliphatic rings. The van der Waals surface area contributed by atoms with Gasteiger partial charge in [0.15, 0.2) is 0 Å². The third-order valence-corrected chi connectivity index (χ3v) is 5.64. The van der Waals surface area contributed by atoms with Crippen molar-refractivity contribution in [1.82, 2.24) is 10.2 Å². The molecule has 1 aliphatic carbocycles. The monoisotopic (exact) mass is 352 g/mol. The minimum Gasteiger partial charge on any atom is -0.481 e. The molecule has 142 valence electrons. The van der Waals surface area contributed by atoms with E-state index in [9.17, 15) is 19.5 Å². The van der Waals surface area contributed by atoms with Crippen molar-refractivity contribution >= 4 is 17.8 Å². The van der Waals surface area contributed by atoms with E-state index in [4.69, 9.17) is 0 Å². The molecule has 0 aromatic carbocycles. The number of amides is 2. The van der Waals surface area contributed by atoms with Gasteiger partial charge in [0.05, 0.1) is 17.4 Å². The molecular weight excluding hydrogens is 320 g/mol. The van der Waals surface area contributed by atoms with Crippen LogP contribution >= 0.6 is 0 Å². The maximum atomic E-state index is 12.8. The maximum Gasteiger partial charge on any atom is 0.308 e. The number of carboxylic acid groups (broad SMARTS) is 1. The lowest BCUT2D eigenvalue weighted by Crippen LogP contribution is -2.58. The molecule has 0 aromatic heterocycles. The van der Waals surface area contributed by atoms with Gasteiger partial charge in [-0.25, -0.2) is 0 Å². The second kappa shape index (κ2) is 7.34. The fourth-order valence-electron chi connectivity index (χ4n) is 4.11.